The summed E-state index contributed by atoms with van der Waals surface area (Å²) in [6, 6.07) is 1.58. The average molecular weight is 332 g/mol. The highest BCUT2D eigenvalue weighted by Crippen LogP contribution is 2.30. The number of aromatic nitrogens is 1. The molecule has 1 aromatic heterocycles. The summed E-state index contributed by atoms with van der Waals surface area (Å²) in [4.78, 5) is 26.6. The number of amides is 1. The molecule has 8 heteroatoms. The van der Waals surface area contributed by atoms with E-state index in [0.29, 0.717) is 6.07 Å². The van der Waals surface area contributed by atoms with Gasteiger partial charge in [-0.15, -0.1) is 0 Å². The maximum absolute atomic E-state index is 12.8. The van der Waals surface area contributed by atoms with Crippen molar-refractivity contribution in [3.63, 3.8) is 0 Å². The number of nitrogens with one attached hydrogen (secondary N) is 1. The molecule has 0 saturated carbocycles. The molecule has 0 fully saturated rings. The van der Waals surface area contributed by atoms with Gasteiger partial charge in [-0.3, -0.25) is 4.79 Å². The lowest BCUT2D eigenvalue weighted by atomic mass is 10.1. The number of ether oxygens (including phenoxy) is 1. The van der Waals surface area contributed by atoms with Gasteiger partial charge in [0.05, 0.1) is 5.56 Å². The van der Waals surface area contributed by atoms with Crippen molar-refractivity contribution in [2.75, 3.05) is 6.54 Å². The minimum absolute atomic E-state index is 0.0422. The molecule has 0 atom stereocenters. The SMILES string of the molecule is CC(=O)c1cc(C(F)(F)F)cc(CCNC(=O)OC(C)(C)C)n1. The number of rotatable bonds is 4. The number of pyridine rings is 1. The molecule has 0 aromatic carbocycles. The molecule has 1 amide bonds. The fourth-order valence-corrected chi connectivity index (χ4v) is 1.67. The van der Waals surface area contributed by atoms with Crippen LogP contribution in [0, 0.1) is 0 Å². The summed E-state index contributed by atoms with van der Waals surface area (Å²) in [7, 11) is 0. The van der Waals surface area contributed by atoms with Crippen LogP contribution in [0.15, 0.2) is 12.1 Å². The van der Waals surface area contributed by atoms with Gasteiger partial charge >= 0.3 is 12.3 Å². The second-order valence-corrected chi connectivity index (χ2v) is 5.97. The molecular formula is C15H19F3N2O3. The summed E-state index contributed by atoms with van der Waals surface area (Å²) in [5.41, 5.74) is -1.79. The summed E-state index contributed by atoms with van der Waals surface area (Å²) in [5, 5.41) is 2.43. The van der Waals surface area contributed by atoms with E-state index in [1.54, 1.807) is 20.8 Å². The molecule has 1 aromatic rings. The Kier molecular flexibility index (Phi) is 5.74. The minimum atomic E-state index is -4.57. The van der Waals surface area contributed by atoms with Crippen LogP contribution in [-0.2, 0) is 17.3 Å². The number of hydrogen-bond acceptors (Lipinski definition) is 4. The minimum Gasteiger partial charge on any atom is -0.444 e. The third kappa shape index (κ3) is 6.66. The highest BCUT2D eigenvalue weighted by atomic mass is 19.4. The van der Waals surface area contributed by atoms with Gasteiger partial charge in [0.15, 0.2) is 5.78 Å². The molecule has 1 N–H and O–H groups in total. The number of carbonyl (C=O) groups is 2. The number of nitrogens with zero attached hydrogens (tertiary/aromatic N) is 1. The van der Waals surface area contributed by atoms with Gasteiger partial charge < -0.3 is 10.1 Å². The first-order valence-electron chi connectivity index (χ1n) is 6.94. The normalized spacial score (nSPS) is 12.0. The Bertz CT molecular complexity index is 593. The van der Waals surface area contributed by atoms with Crippen LogP contribution in [0.2, 0.25) is 0 Å². The standard InChI is InChI=1S/C15H19F3N2O3/c1-9(21)12-8-10(15(16,17)18)7-11(20-12)5-6-19-13(22)23-14(2,3)4/h7-8H,5-6H2,1-4H3,(H,19,22). The van der Waals surface area contributed by atoms with Crippen molar-refractivity contribution >= 4 is 11.9 Å². The van der Waals surface area contributed by atoms with Gasteiger partial charge in [0, 0.05) is 25.6 Å². The van der Waals surface area contributed by atoms with Gasteiger partial charge in [0.2, 0.25) is 0 Å². The number of ketones is 1. The molecule has 0 aliphatic heterocycles. The van der Waals surface area contributed by atoms with E-state index in [-0.39, 0.29) is 24.4 Å². The Balaban J connectivity index is 2.78. The predicted octanol–water partition coefficient (Wildman–Crippen LogP) is 3.37. The third-order valence-electron chi connectivity index (χ3n) is 2.62. The number of alkyl carbamates (subject to hydrolysis) is 1. The van der Waals surface area contributed by atoms with Crippen LogP contribution in [-0.4, -0.2) is 29.0 Å². The first kappa shape index (κ1) is 18.9. The van der Waals surface area contributed by atoms with Crippen molar-refractivity contribution < 1.29 is 27.5 Å². The van der Waals surface area contributed by atoms with E-state index in [1.165, 1.54) is 0 Å². The van der Waals surface area contributed by atoms with Crippen molar-refractivity contribution in [2.24, 2.45) is 0 Å². The van der Waals surface area contributed by atoms with Crippen molar-refractivity contribution in [2.45, 2.75) is 45.9 Å². The predicted molar refractivity (Wildman–Crippen MR) is 77.2 cm³/mol. The molecular weight excluding hydrogens is 313 g/mol. The van der Waals surface area contributed by atoms with Gasteiger partial charge in [-0.05, 0) is 32.9 Å². The van der Waals surface area contributed by atoms with Crippen molar-refractivity contribution in [3.05, 3.63) is 29.1 Å². The summed E-state index contributed by atoms with van der Waals surface area (Å²) >= 11 is 0. The van der Waals surface area contributed by atoms with Crippen LogP contribution in [0.3, 0.4) is 0 Å². The molecule has 1 heterocycles. The van der Waals surface area contributed by atoms with Crippen LogP contribution < -0.4 is 5.32 Å². The zero-order chi connectivity index (χ0) is 17.8. The van der Waals surface area contributed by atoms with Gasteiger partial charge in [-0.2, -0.15) is 13.2 Å². The largest absolute Gasteiger partial charge is 0.444 e. The monoisotopic (exact) mass is 332 g/mol. The zero-order valence-corrected chi connectivity index (χ0v) is 13.4. The number of Topliss-reactive ketones (excluding diaryl/α,β-unsaturated/α-hetero) is 1. The summed E-state index contributed by atoms with van der Waals surface area (Å²) in [6.45, 7) is 6.27. The fourth-order valence-electron chi connectivity index (χ4n) is 1.67. The van der Waals surface area contributed by atoms with E-state index in [0.717, 1.165) is 13.0 Å². The number of alkyl halides is 3. The van der Waals surface area contributed by atoms with Gasteiger partial charge in [0.1, 0.15) is 11.3 Å². The molecule has 0 radical (unpaired) electrons. The fraction of sp³-hybridized carbons (Fsp3) is 0.533. The Morgan fingerprint density at radius 2 is 1.83 bits per heavy atom. The number of carbonyl (C=O) groups excluding carboxylic acids is 2. The van der Waals surface area contributed by atoms with Crippen LogP contribution in [0.1, 0.15) is 49.4 Å². The van der Waals surface area contributed by atoms with Gasteiger partial charge in [-0.25, -0.2) is 9.78 Å². The molecule has 128 valence electrons. The zero-order valence-electron chi connectivity index (χ0n) is 13.4. The van der Waals surface area contributed by atoms with E-state index in [9.17, 15) is 22.8 Å². The Morgan fingerprint density at radius 1 is 1.22 bits per heavy atom. The third-order valence-corrected chi connectivity index (χ3v) is 2.62. The van der Waals surface area contributed by atoms with Crippen molar-refractivity contribution in [1.29, 1.82) is 0 Å². The molecule has 0 bridgehead atoms. The molecule has 0 saturated heterocycles. The second kappa shape index (κ2) is 6.97. The lowest BCUT2D eigenvalue weighted by molar-refractivity contribution is -0.137. The highest BCUT2D eigenvalue weighted by Gasteiger charge is 2.32. The summed E-state index contributed by atoms with van der Waals surface area (Å²) in [5.74, 6) is -0.558. The Hall–Kier alpha value is -2.12. The maximum Gasteiger partial charge on any atom is 0.416 e. The molecule has 0 aliphatic carbocycles. The highest BCUT2D eigenvalue weighted by molar-refractivity contribution is 5.92. The van der Waals surface area contributed by atoms with Crippen LogP contribution in [0.4, 0.5) is 18.0 Å². The number of hydrogen-bond donors (Lipinski definition) is 1. The topological polar surface area (TPSA) is 68.3 Å². The molecule has 0 unspecified atom stereocenters. The van der Waals surface area contributed by atoms with Gasteiger partial charge in [0.25, 0.3) is 0 Å². The molecule has 5 nitrogen and oxygen atoms in total. The average Bonchev–Trinajstić information content (AvgIpc) is 2.35. The quantitative estimate of drug-likeness (QED) is 0.859. The van der Waals surface area contributed by atoms with Crippen molar-refractivity contribution in [3.8, 4) is 0 Å². The van der Waals surface area contributed by atoms with E-state index >= 15 is 0 Å². The maximum atomic E-state index is 12.8. The molecule has 0 aliphatic rings. The smallest absolute Gasteiger partial charge is 0.416 e. The van der Waals surface area contributed by atoms with Crippen LogP contribution >= 0.6 is 0 Å². The molecule has 1 rings (SSSR count). The molecule has 0 spiro atoms. The summed E-state index contributed by atoms with van der Waals surface area (Å²) < 4.78 is 43.5. The van der Waals surface area contributed by atoms with Gasteiger partial charge in [-0.1, -0.05) is 0 Å². The lowest BCUT2D eigenvalue weighted by Gasteiger charge is -2.19. The second-order valence-electron chi connectivity index (χ2n) is 5.97. The van der Waals surface area contributed by atoms with E-state index < -0.39 is 29.2 Å². The van der Waals surface area contributed by atoms with E-state index in [2.05, 4.69) is 10.3 Å². The molecule has 23 heavy (non-hydrogen) atoms. The lowest BCUT2D eigenvalue weighted by Crippen LogP contribution is -2.33. The van der Waals surface area contributed by atoms with E-state index in [4.69, 9.17) is 4.74 Å². The first-order chi connectivity index (χ1) is 10.4. The Labute approximate surface area is 132 Å². The van der Waals surface area contributed by atoms with E-state index in [1.807, 2.05) is 0 Å². The van der Waals surface area contributed by atoms with Crippen LogP contribution in [0.25, 0.3) is 0 Å². The number of halogens is 3. The van der Waals surface area contributed by atoms with Crippen LogP contribution in [0.5, 0.6) is 0 Å². The van der Waals surface area contributed by atoms with Crippen molar-refractivity contribution in [1.82, 2.24) is 10.3 Å². The first-order valence-corrected chi connectivity index (χ1v) is 6.94. The summed E-state index contributed by atoms with van der Waals surface area (Å²) in [6.07, 6.45) is -5.19. The Morgan fingerprint density at radius 3 is 2.30 bits per heavy atom.